The Morgan fingerprint density at radius 2 is 2.33 bits per heavy atom. The van der Waals surface area contributed by atoms with Crippen molar-refractivity contribution in [3.63, 3.8) is 0 Å². The van der Waals surface area contributed by atoms with Crippen LogP contribution in [-0.4, -0.2) is 0 Å². The Balaban J connectivity index is 2.37. The van der Waals surface area contributed by atoms with E-state index in [1.54, 1.807) is 18.8 Å². The van der Waals surface area contributed by atoms with Crippen molar-refractivity contribution in [1.82, 2.24) is 5.48 Å². The molecule has 2 aliphatic heterocycles. The first-order valence-electron chi connectivity index (χ1n) is 2.61. The quantitative estimate of drug-likeness (QED) is 0.516. The molecule has 9 heavy (non-hydrogen) atoms. The van der Waals surface area contributed by atoms with Crippen molar-refractivity contribution in [2.75, 3.05) is 0 Å². The van der Waals surface area contributed by atoms with Gasteiger partial charge in [-0.3, -0.25) is 0 Å². The van der Waals surface area contributed by atoms with Gasteiger partial charge in [-0.2, -0.15) is 0 Å². The molecule has 0 saturated heterocycles. The average molecular weight is 123 g/mol. The molecule has 0 aromatic carbocycles. The lowest BCUT2D eigenvalue weighted by Gasteiger charge is -2.02. The highest BCUT2D eigenvalue weighted by atomic mass is 16.6. The average Bonchev–Trinajstić information content (AvgIpc) is 2.33. The van der Waals surface area contributed by atoms with Crippen LogP contribution in [0.5, 0.6) is 0 Å². The summed E-state index contributed by atoms with van der Waals surface area (Å²) in [7, 11) is 0. The first-order valence-corrected chi connectivity index (χ1v) is 2.61. The molecule has 0 aromatic heterocycles. The molecule has 0 bridgehead atoms. The summed E-state index contributed by atoms with van der Waals surface area (Å²) in [5.74, 6) is 0. The van der Waals surface area contributed by atoms with Gasteiger partial charge in [0.2, 0.25) is 0 Å². The SMILES string of the molecule is C1=CC2=CONC2=CO1. The van der Waals surface area contributed by atoms with Crippen molar-refractivity contribution in [3.05, 3.63) is 36.1 Å². The Kier molecular flexibility index (Phi) is 0.773. The fourth-order valence-corrected chi connectivity index (χ4v) is 0.720. The molecule has 46 valence electrons. The van der Waals surface area contributed by atoms with Crippen molar-refractivity contribution >= 4 is 0 Å². The molecule has 3 heteroatoms. The monoisotopic (exact) mass is 123 g/mol. The Labute approximate surface area is 52.2 Å². The van der Waals surface area contributed by atoms with Crippen molar-refractivity contribution in [2.24, 2.45) is 0 Å². The smallest absolute Gasteiger partial charge is 0.128 e. The van der Waals surface area contributed by atoms with Crippen molar-refractivity contribution < 1.29 is 9.57 Å². The summed E-state index contributed by atoms with van der Waals surface area (Å²) < 4.78 is 4.86. The summed E-state index contributed by atoms with van der Waals surface area (Å²) in [5, 5.41) is 0. The van der Waals surface area contributed by atoms with Gasteiger partial charge in [-0.15, -0.1) is 0 Å². The third-order valence-electron chi connectivity index (χ3n) is 1.18. The van der Waals surface area contributed by atoms with Crippen LogP contribution in [0.25, 0.3) is 0 Å². The second-order valence-corrected chi connectivity index (χ2v) is 1.76. The Morgan fingerprint density at radius 1 is 1.33 bits per heavy atom. The lowest BCUT2D eigenvalue weighted by Crippen LogP contribution is -2.05. The highest BCUT2D eigenvalue weighted by Gasteiger charge is 2.11. The van der Waals surface area contributed by atoms with E-state index in [9.17, 15) is 0 Å². The summed E-state index contributed by atoms with van der Waals surface area (Å²) >= 11 is 0. The number of allylic oxidation sites excluding steroid dienone is 1. The molecule has 0 aromatic rings. The topological polar surface area (TPSA) is 30.5 Å². The van der Waals surface area contributed by atoms with E-state index in [1.165, 1.54) is 0 Å². The molecule has 3 nitrogen and oxygen atoms in total. The number of rotatable bonds is 0. The minimum atomic E-state index is 0.873. The number of hydrogen-bond donors (Lipinski definition) is 1. The van der Waals surface area contributed by atoms with Gasteiger partial charge >= 0.3 is 0 Å². The molecule has 2 aliphatic rings. The number of hydroxylamine groups is 1. The van der Waals surface area contributed by atoms with Crippen LogP contribution in [0.1, 0.15) is 0 Å². The first kappa shape index (κ1) is 4.49. The molecule has 0 amide bonds. The van der Waals surface area contributed by atoms with Crippen molar-refractivity contribution in [3.8, 4) is 0 Å². The van der Waals surface area contributed by atoms with E-state index in [2.05, 4.69) is 5.48 Å². The first-order chi connectivity index (χ1) is 4.47. The highest BCUT2D eigenvalue weighted by molar-refractivity contribution is 5.39. The Hall–Kier alpha value is -1.38. The maximum Gasteiger partial charge on any atom is 0.128 e. The summed E-state index contributed by atoms with van der Waals surface area (Å²) in [6.45, 7) is 0. The van der Waals surface area contributed by atoms with E-state index in [-0.39, 0.29) is 0 Å². The van der Waals surface area contributed by atoms with Crippen LogP contribution in [-0.2, 0) is 9.57 Å². The van der Waals surface area contributed by atoms with Gasteiger partial charge in [-0.25, -0.2) is 5.48 Å². The fraction of sp³-hybridized carbons (Fsp3) is 0. The fourth-order valence-electron chi connectivity index (χ4n) is 0.720. The van der Waals surface area contributed by atoms with Crippen LogP contribution in [0.15, 0.2) is 36.1 Å². The molecule has 2 rings (SSSR count). The molecule has 1 N–H and O–H groups in total. The van der Waals surface area contributed by atoms with Gasteiger partial charge in [0.05, 0.1) is 6.26 Å². The summed E-state index contributed by atoms with van der Waals surface area (Å²) in [6.07, 6.45) is 6.66. The summed E-state index contributed by atoms with van der Waals surface area (Å²) in [5.41, 5.74) is 4.54. The zero-order chi connectivity index (χ0) is 6.10. The van der Waals surface area contributed by atoms with Crippen LogP contribution in [0.2, 0.25) is 0 Å². The minimum Gasteiger partial charge on any atom is -0.470 e. The van der Waals surface area contributed by atoms with E-state index in [1.807, 2.05) is 6.08 Å². The van der Waals surface area contributed by atoms with Gasteiger partial charge in [0.25, 0.3) is 0 Å². The number of nitrogens with one attached hydrogen (secondary N) is 1. The maximum atomic E-state index is 4.86. The zero-order valence-corrected chi connectivity index (χ0v) is 4.63. The van der Waals surface area contributed by atoms with E-state index in [0.717, 1.165) is 11.3 Å². The molecule has 0 unspecified atom stereocenters. The molecule has 0 spiro atoms. The summed E-state index contributed by atoms with van der Waals surface area (Å²) in [4.78, 5) is 4.78. The van der Waals surface area contributed by atoms with Crippen LogP contribution in [0, 0.1) is 0 Å². The van der Waals surface area contributed by atoms with E-state index in [4.69, 9.17) is 9.57 Å². The molecular weight excluding hydrogens is 118 g/mol. The normalized spacial score (nSPS) is 20.4. The third-order valence-corrected chi connectivity index (χ3v) is 1.18. The summed E-state index contributed by atoms with van der Waals surface area (Å²) in [6, 6.07) is 0. The van der Waals surface area contributed by atoms with Gasteiger partial charge < -0.3 is 9.57 Å². The van der Waals surface area contributed by atoms with Crippen LogP contribution < -0.4 is 5.48 Å². The van der Waals surface area contributed by atoms with Gasteiger partial charge in [0, 0.05) is 5.57 Å². The second kappa shape index (κ2) is 1.55. The van der Waals surface area contributed by atoms with Gasteiger partial charge in [-0.05, 0) is 6.08 Å². The molecular formula is C6H5NO2. The number of ether oxygens (including phenoxy) is 1. The largest absolute Gasteiger partial charge is 0.470 e. The van der Waals surface area contributed by atoms with Crippen LogP contribution in [0.4, 0.5) is 0 Å². The predicted octanol–water partition coefficient (Wildman–Crippen LogP) is 0.790. The van der Waals surface area contributed by atoms with E-state index < -0.39 is 0 Å². The third kappa shape index (κ3) is 0.579. The lowest BCUT2D eigenvalue weighted by atomic mass is 10.2. The van der Waals surface area contributed by atoms with Gasteiger partial charge in [0.1, 0.15) is 18.2 Å². The molecule has 0 aliphatic carbocycles. The lowest BCUT2D eigenvalue weighted by molar-refractivity contribution is 0.183. The molecule has 0 saturated carbocycles. The van der Waals surface area contributed by atoms with Crippen LogP contribution >= 0.6 is 0 Å². The molecule has 0 radical (unpaired) electrons. The maximum absolute atomic E-state index is 4.86. The van der Waals surface area contributed by atoms with Gasteiger partial charge in [-0.1, -0.05) is 0 Å². The van der Waals surface area contributed by atoms with Crippen molar-refractivity contribution in [2.45, 2.75) is 0 Å². The molecule has 0 atom stereocenters. The van der Waals surface area contributed by atoms with E-state index in [0.29, 0.717) is 0 Å². The van der Waals surface area contributed by atoms with Crippen LogP contribution in [0.3, 0.4) is 0 Å². The number of fused-ring (bicyclic) bond motifs is 1. The Bertz CT molecular complexity index is 215. The minimum absolute atomic E-state index is 0.873. The molecule has 2 heterocycles. The number of hydrogen-bond acceptors (Lipinski definition) is 3. The highest BCUT2D eigenvalue weighted by Crippen LogP contribution is 2.17. The zero-order valence-electron chi connectivity index (χ0n) is 4.63. The predicted molar refractivity (Wildman–Crippen MR) is 30.6 cm³/mol. The molecule has 0 fully saturated rings. The van der Waals surface area contributed by atoms with Crippen molar-refractivity contribution in [1.29, 1.82) is 0 Å². The second-order valence-electron chi connectivity index (χ2n) is 1.76. The standard InChI is InChI=1S/C6H5NO2/c1-2-8-4-6-5(1)3-9-7-6/h1-4,7H. The van der Waals surface area contributed by atoms with E-state index >= 15 is 0 Å². The van der Waals surface area contributed by atoms with Gasteiger partial charge in [0.15, 0.2) is 0 Å². The Morgan fingerprint density at radius 3 is 3.22 bits per heavy atom.